The zero-order chi connectivity index (χ0) is 42.5. The van der Waals surface area contributed by atoms with Gasteiger partial charge in [-0.15, -0.1) is 0 Å². The summed E-state index contributed by atoms with van der Waals surface area (Å²) in [7, 11) is -4.38. The third kappa shape index (κ3) is 43.5. The predicted molar refractivity (Wildman–Crippen MR) is 243 cm³/mol. The fourth-order valence-corrected chi connectivity index (χ4v) is 7.17. The van der Waals surface area contributed by atoms with Crippen molar-refractivity contribution in [1.82, 2.24) is 0 Å². The minimum Gasteiger partial charge on any atom is -0.462 e. The van der Waals surface area contributed by atoms with Crippen LogP contribution in [0.1, 0.15) is 213 Å². The highest BCUT2D eigenvalue weighted by Crippen LogP contribution is 2.43. The van der Waals surface area contributed by atoms with Crippen molar-refractivity contribution >= 4 is 19.8 Å². The van der Waals surface area contributed by atoms with E-state index in [1.165, 1.54) is 103 Å². The number of phosphoric ester groups is 1. The number of rotatable bonds is 44. The van der Waals surface area contributed by atoms with Gasteiger partial charge in [0.15, 0.2) is 6.10 Å². The first-order chi connectivity index (χ1) is 28.3. The SMILES string of the molecule is CCCCCCC/C=C\C/C=C\C/C=C\CCCCCCCCCCC(=O)OC(COC(=O)CCCCCCC/C=C\CCCCCCC)COP(=O)(O)OCCN. The van der Waals surface area contributed by atoms with E-state index in [1.54, 1.807) is 0 Å². The van der Waals surface area contributed by atoms with Crippen LogP contribution in [0.5, 0.6) is 0 Å². The number of esters is 2. The van der Waals surface area contributed by atoms with E-state index in [-0.39, 0.29) is 32.6 Å². The van der Waals surface area contributed by atoms with Crippen LogP contribution >= 0.6 is 7.82 Å². The van der Waals surface area contributed by atoms with Gasteiger partial charge >= 0.3 is 19.8 Å². The number of allylic oxidation sites excluding steroid dienone is 8. The van der Waals surface area contributed by atoms with Crippen molar-refractivity contribution in [1.29, 1.82) is 0 Å². The van der Waals surface area contributed by atoms with Crippen LogP contribution in [0, 0.1) is 0 Å². The maximum Gasteiger partial charge on any atom is 0.472 e. The topological polar surface area (TPSA) is 134 Å². The summed E-state index contributed by atoms with van der Waals surface area (Å²) in [5.74, 6) is -0.845. The van der Waals surface area contributed by atoms with Gasteiger partial charge in [-0.25, -0.2) is 4.57 Å². The molecule has 0 radical (unpaired) electrons. The second-order valence-corrected chi connectivity index (χ2v) is 17.1. The van der Waals surface area contributed by atoms with Crippen LogP contribution in [0.3, 0.4) is 0 Å². The lowest BCUT2D eigenvalue weighted by atomic mass is 10.1. The van der Waals surface area contributed by atoms with Crippen molar-refractivity contribution in [3.05, 3.63) is 48.6 Å². The van der Waals surface area contributed by atoms with Gasteiger partial charge in [-0.1, -0.05) is 172 Å². The van der Waals surface area contributed by atoms with E-state index in [2.05, 4.69) is 62.5 Å². The molecule has 338 valence electrons. The molecule has 0 heterocycles. The van der Waals surface area contributed by atoms with Crippen molar-refractivity contribution in [2.45, 2.75) is 219 Å². The quantitative estimate of drug-likeness (QED) is 0.0266. The third-order valence-electron chi connectivity index (χ3n) is 9.94. The Bertz CT molecular complexity index is 1090. The first kappa shape index (κ1) is 56.0. The zero-order valence-corrected chi connectivity index (χ0v) is 38.2. The average Bonchev–Trinajstić information content (AvgIpc) is 3.21. The number of hydrogen-bond donors (Lipinski definition) is 2. The fraction of sp³-hybridized carbons (Fsp3) is 0.792. The molecule has 0 fully saturated rings. The van der Waals surface area contributed by atoms with E-state index in [4.69, 9.17) is 24.3 Å². The van der Waals surface area contributed by atoms with Crippen LogP contribution in [0.25, 0.3) is 0 Å². The molecular weight excluding hydrogens is 750 g/mol. The van der Waals surface area contributed by atoms with Gasteiger partial charge in [0.05, 0.1) is 13.2 Å². The molecular formula is C48H88NO8P. The number of unbranched alkanes of at least 4 members (excludes halogenated alkanes) is 23. The molecule has 2 atom stereocenters. The second-order valence-electron chi connectivity index (χ2n) is 15.6. The molecule has 0 aromatic heterocycles. The summed E-state index contributed by atoms with van der Waals surface area (Å²) in [6.45, 7) is 3.70. The van der Waals surface area contributed by atoms with E-state index >= 15 is 0 Å². The van der Waals surface area contributed by atoms with Crippen LogP contribution in [0.2, 0.25) is 0 Å². The first-order valence-corrected chi connectivity index (χ1v) is 25.1. The molecule has 0 amide bonds. The molecule has 0 spiro atoms. The van der Waals surface area contributed by atoms with Gasteiger partial charge in [0.25, 0.3) is 0 Å². The molecule has 0 aliphatic carbocycles. The molecule has 0 bridgehead atoms. The molecule has 2 unspecified atom stereocenters. The van der Waals surface area contributed by atoms with Gasteiger partial charge in [0, 0.05) is 19.4 Å². The highest BCUT2D eigenvalue weighted by molar-refractivity contribution is 7.47. The number of hydrogen-bond acceptors (Lipinski definition) is 8. The Morgan fingerprint density at radius 3 is 1.34 bits per heavy atom. The highest BCUT2D eigenvalue weighted by Gasteiger charge is 2.26. The summed E-state index contributed by atoms with van der Waals surface area (Å²) < 4.78 is 32.8. The minimum atomic E-state index is -4.38. The Labute approximate surface area is 356 Å². The van der Waals surface area contributed by atoms with Crippen molar-refractivity contribution in [2.75, 3.05) is 26.4 Å². The number of carbonyl (C=O) groups excluding carboxylic acids is 2. The number of nitrogens with two attached hydrogens (primary N) is 1. The lowest BCUT2D eigenvalue weighted by Crippen LogP contribution is -2.29. The van der Waals surface area contributed by atoms with Gasteiger partial charge < -0.3 is 20.1 Å². The molecule has 0 aromatic carbocycles. The van der Waals surface area contributed by atoms with Gasteiger partial charge in [-0.2, -0.15) is 0 Å². The Balaban J connectivity index is 4.11. The molecule has 0 saturated heterocycles. The van der Waals surface area contributed by atoms with E-state index in [0.717, 1.165) is 77.0 Å². The maximum absolute atomic E-state index is 12.6. The molecule has 0 saturated carbocycles. The van der Waals surface area contributed by atoms with Crippen LogP contribution in [-0.2, 0) is 32.7 Å². The van der Waals surface area contributed by atoms with Crippen molar-refractivity contribution < 1.29 is 37.6 Å². The molecule has 58 heavy (non-hydrogen) atoms. The molecule has 0 aliphatic rings. The maximum atomic E-state index is 12.6. The fourth-order valence-electron chi connectivity index (χ4n) is 6.40. The summed E-state index contributed by atoms with van der Waals surface area (Å²) in [5, 5.41) is 0. The number of carbonyl (C=O) groups is 2. The Morgan fingerprint density at radius 1 is 0.517 bits per heavy atom. The monoisotopic (exact) mass is 838 g/mol. The zero-order valence-electron chi connectivity index (χ0n) is 37.3. The van der Waals surface area contributed by atoms with Crippen molar-refractivity contribution in [2.24, 2.45) is 5.73 Å². The highest BCUT2D eigenvalue weighted by atomic mass is 31.2. The summed E-state index contributed by atoms with van der Waals surface area (Å²) in [4.78, 5) is 34.9. The van der Waals surface area contributed by atoms with E-state index in [0.29, 0.717) is 6.42 Å². The average molecular weight is 838 g/mol. The standard InChI is InChI=1S/C48H88NO8P/c1-3-5-7-9-11-13-15-17-19-20-21-22-23-24-25-26-27-29-31-33-35-37-39-41-48(51)57-46(45-56-58(52,53)55-43-42-49)44-54-47(50)40-38-36-34-32-30-28-18-16-14-12-10-8-6-4-2/h15-18,20-21,23-24,46H,3-14,19,22,25-45,49H2,1-2H3,(H,52,53)/b17-15-,18-16-,21-20-,24-23-. The second kappa shape index (κ2) is 44.5. The molecule has 0 aromatic rings. The van der Waals surface area contributed by atoms with Crippen molar-refractivity contribution in [3.8, 4) is 0 Å². The van der Waals surface area contributed by atoms with Crippen molar-refractivity contribution in [3.63, 3.8) is 0 Å². The van der Waals surface area contributed by atoms with Crippen LogP contribution in [0.15, 0.2) is 48.6 Å². The normalized spacial score (nSPS) is 13.7. The largest absolute Gasteiger partial charge is 0.472 e. The minimum absolute atomic E-state index is 0.0497. The predicted octanol–water partition coefficient (Wildman–Crippen LogP) is 13.9. The number of ether oxygens (including phenoxy) is 2. The van der Waals surface area contributed by atoms with E-state index in [9.17, 15) is 19.0 Å². The van der Waals surface area contributed by atoms with Crippen LogP contribution in [-0.4, -0.2) is 49.3 Å². The lowest BCUT2D eigenvalue weighted by molar-refractivity contribution is -0.161. The lowest BCUT2D eigenvalue weighted by Gasteiger charge is -2.19. The van der Waals surface area contributed by atoms with Gasteiger partial charge in [0.2, 0.25) is 0 Å². The molecule has 0 aliphatic heterocycles. The van der Waals surface area contributed by atoms with E-state index in [1.807, 2.05) is 0 Å². The number of phosphoric acid groups is 1. The summed E-state index contributed by atoms with van der Waals surface area (Å²) in [5.41, 5.74) is 5.35. The third-order valence-corrected chi connectivity index (χ3v) is 10.9. The smallest absolute Gasteiger partial charge is 0.462 e. The Hall–Kier alpha value is -2.03. The molecule has 9 nitrogen and oxygen atoms in total. The molecule has 10 heteroatoms. The summed E-state index contributed by atoms with van der Waals surface area (Å²) in [6.07, 6.45) is 51.4. The van der Waals surface area contributed by atoms with E-state index < -0.39 is 32.5 Å². The summed E-state index contributed by atoms with van der Waals surface area (Å²) in [6, 6.07) is 0. The van der Waals surface area contributed by atoms with Gasteiger partial charge in [-0.3, -0.25) is 18.6 Å². The van der Waals surface area contributed by atoms with Gasteiger partial charge in [0.1, 0.15) is 6.61 Å². The van der Waals surface area contributed by atoms with Crippen LogP contribution < -0.4 is 5.73 Å². The Kier molecular flexibility index (Phi) is 43.0. The molecule has 0 rings (SSSR count). The first-order valence-electron chi connectivity index (χ1n) is 23.6. The van der Waals surface area contributed by atoms with Crippen LogP contribution in [0.4, 0.5) is 0 Å². The summed E-state index contributed by atoms with van der Waals surface area (Å²) >= 11 is 0. The Morgan fingerprint density at radius 2 is 0.897 bits per heavy atom. The molecule has 3 N–H and O–H groups in total. The van der Waals surface area contributed by atoms with Gasteiger partial charge in [-0.05, 0) is 77.0 Å².